The second-order valence-electron chi connectivity index (χ2n) is 9.95. The largest absolute Gasteiger partial charge is 0.491 e. The molecule has 186 valence electrons. The third-order valence-corrected chi connectivity index (χ3v) is 7.50. The number of aryl methyl sites for hydroxylation is 1. The zero-order valence-electron chi connectivity index (χ0n) is 20.6. The van der Waals surface area contributed by atoms with E-state index in [2.05, 4.69) is 23.3 Å². The number of carbonyl (C=O) groups is 1. The fourth-order valence-corrected chi connectivity index (χ4v) is 5.42. The van der Waals surface area contributed by atoms with Crippen LogP contribution in [0.4, 0.5) is 0 Å². The van der Waals surface area contributed by atoms with Gasteiger partial charge in [0.2, 0.25) is 5.91 Å². The van der Waals surface area contributed by atoms with Crippen LogP contribution in [0.1, 0.15) is 48.7 Å². The van der Waals surface area contributed by atoms with Gasteiger partial charge in [0.15, 0.2) is 0 Å². The van der Waals surface area contributed by atoms with Crippen molar-refractivity contribution in [3.05, 3.63) is 51.7 Å². The summed E-state index contributed by atoms with van der Waals surface area (Å²) < 4.78 is 11.7. The van der Waals surface area contributed by atoms with Crippen molar-refractivity contribution in [1.82, 2.24) is 9.80 Å². The maximum Gasteiger partial charge on any atom is 0.237 e. The maximum absolute atomic E-state index is 13.6. The van der Waals surface area contributed by atoms with Gasteiger partial charge in [0, 0.05) is 24.5 Å². The summed E-state index contributed by atoms with van der Waals surface area (Å²) in [6.45, 7) is 9.04. The molecule has 1 fully saturated rings. The van der Waals surface area contributed by atoms with Crippen LogP contribution in [0.15, 0.2) is 35.7 Å². The molecule has 4 rings (SSSR count). The highest BCUT2D eigenvalue weighted by Gasteiger charge is 2.34. The van der Waals surface area contributed by atoms with Crippen molar-refractivity contribution in [3.63, 3.8) is 0 Å². The average molecular weight is 487 g/mol. The molecule has 0 saturated heterocycles. The number of fused-ring (bicyclic) bond motifs is 1. The van der Waals surface area contributed by atoms with Crippen LogP contribution in [-0.2, 0) is 16.0 Å². The first-order valence-electron chi connectivity index (χ1n) is 12.5. The molecule has 0 spiro atoms. The van der Waals surface area contributed by atoms with Gasteiger partial charge in [-0.2, -0.15) is 0 Å². The van der Waals surface area contributed by atoms with Crippen LogP contribution >= 0.6 is 11.3 Å². The second kappa shape index (κ2) is 11.7. The Labute approximate surface area is 207 Å². The number of benzene rings is 1. The Hall–Kier alpha value is -1.93. The zero-order chi connectivity index (χ0) is 24.1. The van der Waals surface area contributed by atoms with Gasteiger partial charge in [-0.15, -0.1) is 11.3 Å². The molecule has 2 aromatic rings. The van der Waals surface area contributed by atoms with Crippen molar-refractivity contribution in [1.29, 1.82) is 0 Å². The van der Waals surface area contributed by atoms with Crippen LogP contribution in [-0.4, -0.2) is 72.4 Å². The van der Waals surface area contributed by atoms with Gasteiger partial charge in [-0.05, 0) is 75.1 Å². The van der Waals surface area contributed by atoms with Gasteiger partial charge in [-0.1, -0.05) is 17.7 Å². The fraction of sp³-hybridized carbons (Fsp3) is 0.593. The highest BCUT2D eigenvalue weighted by molar-refractivity contribution is 7.10. The van der Waals surface area contributed by atoms with E-state index in [9.17, 15) is 9.90 Å². The lowest BCUT2D eigenvalue weighted by Gasteiger charge is -2.37. The number of rotatable bonds is 12. The van der Waals surface area contributed by atoms with Gasteiger partial charge in [0.25, 0.3) is 0 Å². The van der Waals surface area contributed by atoms with Crippen LogP contribution < -0.4 is 4.74 Å². The Morgan fingerprint density at radius 1 is 1.24 bits per heavy atom. The van der Waals surface area contributed by atoms with E-state index in [1.165, 1.54) is 28.8 Å². The summed E-state index contributed by atoms with van der Waals surface area (Å²) in [5.74, 6) is 1.56. The van der Waals surface area contributed by atoms with E-state index in [0.29, 0.717) is 38.8 Å². The SMILES string of the molecule is Cc1ccc(OC[C@H]2c3ccsc3CCN2C(=O)CN(CC2CC2)C[C@H](O)COC(C)C)cc1. The molecule has 1 aromatic heterocycles. The normalized spacial score (nSPS) is 18.9. The molecule has 2 aliphatic rings. The maximum atomic E-state index is 13.6. The number of nitrogens with zero attached hydrogens (tertiary/aromatic N) is 2. The first-order chi connectivity index (χ1) is 16.4. The third-order valence-electron chi connectivity index (χ3n) is 6.51. The molecule has 1 saturated carbocycles. The Bertz CT molecular complexity index is 925. The molecule has 1 aliphatic heterocycles. The van der Waals surface area contributed by atoms with Crippen LogP contribution in [0, 0.1) is 12.8 Å². The molecule has 0 radical (unpaired) electrons. The summed E-state index contributed by atoms with van der Waals surface area (Å²) in [5.41, 5.74) is 2.40. The molecule has 0 unspecified atom stereocenters. The lowest BCUT2D eigenvalue weighted by Crippen LogP contribution is -2.48. The molecule has 0 bridgehead atoms. The van der Waals surface area contributed by atoms with Gasteiger partial charge < -0.3 is 19.5 Å². The van der Waals surface area contributed by atoms with Crippen LogP contribution in [0.3, 0.4) is 0 Å². The summed E-state index contributed by atoms with van der Waals surface area (Å²) in [7, 11) is 0. The van der Waals surface area contributed by atoms with Crippen molar-refractivity contribution in [2.24, 2.45) is 5.92 Å². The summed E-state index contributed by atoms with van der Waals surface area (Å²) in [5, 5.41) is 12.6. The van der Waals surface area contributed by atoms with E-state index >= 15 is 0 Å². The zero-order valence-corrected chi connectivity index (χ0v) is 21.4. The summed E-state index contributed by atoms with van der Waals surface area (Å²) >= 11 is 1.76. The van der Waals surface area contributed by atoms with Crippen LogP contribution in [0.2, 0.25) is 0 Å². The second-order valence-corrected chi connectivity index (χ2v) is 11.0. The number of hydrogen-bond donors (Lipinski definition) is 1. The highest BCUT2D eigenvalue weighted by Crippen LogP contribution is 2.34. The molecule has 2 atom stereocenters. The van der Waals surface area contributed by atoms with Crippen molar-refractivity contribution in [2.45, 2.75) is 58.3 Å². The first kappa shape index (κ1) is 25.2. The minimum Gasteiger partial charge on any atom is -0.491 e. The van der Waals surface area contributed by atoms with E-state index in [1.54, 1.807) is 11.3 Å². The number of amides is 1. The molecule has 2 heterocycles. The molecular weight excluding hydrogens is 448 g/mol. The lowest BCUT2D eigenvalue weighted by molar-refractivity contribution is -0.136. The number of aliphatic hydroxyl groups is 1. The lowest BCUT2D eigenvalue weighted by atomic mass is 10.0. The summed E-state index contributed by atoms with van der Waals surface area (Å²) in [6.07, 6.45) is 2.78. The van der Waals surface area contributed by atoms with Gasteiger partial charge >= 0.3 is 0 Å². The van der Waals surface area contributed by atoms with E-state index in [4.69, 9.17) is 9.47 Å². The van der Waals surface area contributed by atoms with Crippen molar-refractivity contribution in [2.75, 3.05) is 39.4 Å². The van der Waals surface area contributed by atoms with Crippen molar-refractivity contribution < 1.29 is 19.4 Å². The standard InChI is InChI=1S/C27H38N2O4S/c1-19(2)32-17-22(30)15-28(14-21-6-7-21)16-27(31)29-12-10-26-24(11-13-34-26)25(29)18-33-23-8-4-20(3)5-9-23/h4-5,8-9,11,13,19,21-22,25,30H,6-7,10,12,14-18H2,1-3H3/t22-,25-/m0/s1. The predicted octanol–water partition coefficient (Wildman–Crippen LogP) is 4.06. The Morgan fingerprint density at radius 3 is 2.71 bits per heavy atom. The van der Waals surface area contributed by atoms with Gasteiger partial charge in [0.05, 0.1) is 31.4 Å². The molecule has 34 heavy (non-hydrogen) atoms. The Balaban J connectivity index is 1.42. The molecule has 1 amide bonds. The number of ether oxygens (including phenoxy) is 2. The summed E-state index contributed by atoms with van der Waals surface area (Å²) in [4.78, 5) is 19.0. The quantitative estimate of drug-likeness (QED) is 0.490. The fourth-order valence-electron chi connectivity index (χ4n) is 4.49. The van der Waals surface area contributed by atoms with Gasteiger partial charge in [0.1, 0.15) is 12.4 Å². The van der Waals surface area contributed by atoms with E-state index in [1.807, 2.05) is 43.0 Å². The van der Waals surface area contributed by atoms with E-state index in [0.717, 1.165) is 18.7 Å². The Morgan fingerprint density at radius 2 is 2.00 bits per heavy atom. The minimum absolute atomic E-state index is 0.0793. The Kier molecular flexibility index (Phi) is 8.64. The topological polar surface area (TPSA) is 62.2 Å². The monoisotopic (exact) mass is 486 g/mol. The van der Waals surface area contributed by atoms with Gasteiger partial charge in [-0.3, -0.25) is 9.69 Å². The van der Waals surface area contributed by atoms with E-state index < -0.39 is 6.10 Å². The van der Waals surface area contributed by atoms with Crippen LogP contribution in [0.5, 0.6) is 5.75 Å². The molecule has 6 nitrogen and oxygen atoms in total. The number of thiophene rings is 1. The molecular formula is C27H38N2O4S. The molecule has 7 heteroatoms. The molecule has 1 aliphatic carbocycles. The molecule has 1 N–H and O–H groups in total. The number of aliphatic hydroxyl groups excluding tert-OH is 1. The number of hydrogen-bond acceptors (Lipinski definition) is 6. The summed E-state index contributed by atoms with van der Waals surface area (Å²) in [6, 6.07) is 10.1. The van der Waals surface area contributed by atoms with Crippen molar-refractivity contribution >= 4 is 17.2 Å². The minimum atomic E-state index is -0.598. The van der Waals surface area contributed by atoms with Gasteiger partial charge in [-0.25, -0.2) is 0 Å². The van der Waals surface area contributed by atoms with E-state index in [-0.39, 0.29) is 18.1 Å². The third kappa shape index (κ3) is 7.04. The smallest absolute Gasteiger partial charge is 0.237 e. The predicted molar refractivity (Wildman–Crippen MR) is 135 cm³/mol. The number of carbonyl (C=O) groups excluding carboxylic acids is 1. The first-order valence-corrected chi connectivity index (χ1v) is 13.3. The molecule has 1 aromatic carbocycles. The van der Waals surface area contributed by atoms with Crippen LogP contribution in [0.25, 0.3) is 0 Å². The average Bonchev–Trinajstić information content (AvgIpc) is 3.48. The van der Waals surface area contributed by atoms with Crippen molar-refractivity contribution in [3.8, 4) is 5.75 Å². The highest BCUT2D eigenvalue weighted by atomic mass is 32.1.